The van der Waals surface area contributed by atoms with Crippen LogP contribution in [0.5, 0.6) is 0 Å². The van der Waals surface area contributed by atoms with E-state index >= 15 is 0 Å². The van der Waals surface area contributed by atoms with Crippen LogP contribution in [0, 0.1) is 0 Å². The van der Waals surface area contributed by atoms with Crippen LogP contribution < -0.4 is 0 Å². The molecular formula is C21H42O3. The third-order valence-corrected chi connectivity index (χ3v) is 4.78. The lowest BCUT2D eigenvalue weighted by Gasteiger charge is -2.15. The Labute approximate surface area is 150 Å². The summed E-state index contributed by atoms with van der Waals surface area (Å²) in [6.07, 6.45) is 20.2. The van der Waals surface area contributed by atoms with Gasteiger partial charge in [-0.1, -0.05) is 104 Å². The molecule has 0 saturated heterocycles. The van der Waals surface area contributed by atoms with Gasteiger partial charge in [0.1, 0.15) is 6.10 Å². The second kappa shape index (κ2) is 18.6. The standard InChI is InChI=1S/C21H42O3/c1-3-5-7-8-9-10-11-12-13-14-15-16-17-19-20(18-6-4-2)24-21(22)23/h20H,3-19H2,1-2H3,(H,22,23). The van der Waals surface area contributed by atoms with Crippen LogP contribution in [0.3, 0.4) is 0 Å². The quantitative estimate of drug-likeness (QED) is 0.205. The lowest BCUT2D eigenvalue weighted by atomic mass is 10.0. The minimum atomic E-state index is -1.12. The van der Waals surface area contributed by atoms with Gasteiger partial charge in [0, 0.05) is 0 Å². The van der Waals surface area contributed by atoms with Crippen molar-refractivity contribution in [3.05, 3.63) is 0 Å². The monoisotopic (exact) mass is 342 g/mol. The number of carbonyl (C=O) groups is 1. The van der Waals surface area contributed by atoms with Crippen LogP contribution >= 0.6 is 0 Å². The molecule has 0 bridgehead atoms. The van der Waals surface area contributed by atoms with Crippen molar-refractivity contribution in [1.82, 2.24) is 0 Å². The summed E-state index contributed by atoms with van der Waals surface area (Å²) < 4.78 is 4.98. The Morgan fingerprint density at radius 2 is 1.04 bits per heavy atom. The Hall–Kier alpha value is -0.730. The van der Waals surface area contributed by atoms with Crippen molar-refractivity contribution >= 4 is 6.16 Å². The number of hydrogen-bond acceptors (Lipinski definition) is 2. The van der Waals surface area contributed by atoms with Crippen molar-refractivity contribution < 1.29 is 14.6 Å². The van der Waals surface area contributed by atoms with Crippen molar-refractivity contribution in [2.75, 3.05) is 0 Å². The first kappa shape index (κ1) is 23.3. The molecule has 0 aliphatic rings. The van der Waals surface area contributed by atoms with E-state index in [-0.39, 0.29) is 6.10 Å². The van der Waals surface area contributed by atoms with E-state index in [4.69, 9.17) is 9.84 Å². The van der Waals surface area contributed by atoms with E-state index in [0.29, 0.717) is 0 Å². The first-order chi connectivity index (χ1) is 11.7. The molecule has 0 fully saturated rings. The minimum absolute atomic E-state index is 0.0878. The minimum Gasteiger partial charge on any atom is -0.450 e. The summed E-state index contributed by atoms with van der Waals surface area (Å²) in [6, 6.07) is 0. The van der Waals surface area contributed by atoms with Gasteiger partial charge in [-0.2, -0.15) is 0 Å². The lowest BCUT2D eigenvalue weighted by molar-refractivity contribution is 0.0424. The molecule has 0 radical (unpaired) electrons. The zero-order valence-corrected chi connectivity index (χ0v) is 16.4. The van der Waals surface area contributed by atoms with Gasteiger partial charge < -0.3 is 9.84 Å². The predicted octanol–water partition coefficient (Wildman–Crippen LogP) is 7.72. The molecule has 1 N–H and O–H groups in total. The summed E-state index contributed by atoms with van der Waals surface area (Å²) >= 11 is 0. The fraction of sp³-hybridized carbons (Fsp3) is 0.952. The molecule has 0 aromatic carbocycles. The fourth-order valence-electron chi connectivity index (χ4n) is 3.23. The van der Waals surface area contributed by atoms with Gasteiger partial charge in [0.2, 0.25) is 0 Å². The Morgan fingerprint density at radius 1 is 0.667 bits per heavy atom. The Kier molecular flexibility index (Phi) is 18.0. The molecule has 3 heteroatoms. The molecule has 3 nitrogen and oxygen atoms in total. The first-order valence-corrected chi connectivity index (χ1v) is 10.6. The molecule has 0 aliphatic heterocycles. The average Bonchev–Trinajstić information content (AvgIpc) is 2.56. The summed E-state index contributed by atoms with van der Waals surface area (Å²) in [4.78, 5) is 10.7. The third-order valence-electron chi connectivity index (χ3n) is 4.78. The highest BCUT2D eigenvalue weighted by Gasteiger charge is 2.12. The molecule has 0 heterocycles. The van der Waals surface area contributed by atoms with Crippen molar-refractivity contribution in [2.24, 2.45) is 0 Å². The Balaban J connectivity index is 3.34. The summed E-state index contributed by atoms with van der Waals surface area (Å²) in [6.45, 7) is 4.40. The zero-order chi connectivity index (χ0) is 17.9. The highest BCUT2D eigenvalue weighted by Crippen LogP contribution is 2.16. The summed E-state index contributed by atoms with van der Waals surface area (Å²) in [7, 11) is 0. The van der Waals surface area contributed by atoms with Gasteiger partial charge in [-0.15, -0.1) is 0 Å². The van der Waals surface area contributed by atoms with Gasteiger partial charge >= 0.3 is 6.16 Å². The average molecular weight is 343 g/mol. The van der Waals surface area contributed by atoms with Crippen LogP contribution in [0.4, 0.5) is 4.79 Å². The molecule has 0 saturated carbocycles. The van der Waals surface area contributed by atoms with E-state index < -0.39 is 6.16 Å². The second-order valence-electron chi connectivity index (χ2n) is 7.18. The highest BCUT2D eigenvalue weighted by molar-refractivity contribution is 5.57. The number of carboxylic acid groups (broad SMARTS) is 1. The molecule has 1 unspecified atom stereocenters. The molecular weight excluding hydrogens is 300 g/mol. The molecule has 144 valence electrons. The molecule has 0 rings (SSSR count). The Bertz CT molecular complexity index is 266. The SMILES string of the molecule is CCCCCCCCCCCCCCCC(CCCC)OC(=O)O. The van der Waals surface area contributed by atoms with E-state index in [1.807, 2.05) is 0 Å². The largest absolute Gasteiger partial charge is 0.506 e. The van der Waals surface area contributed by atoms with Crippen LogP contribution in [0.1, 0.15) is 123 Å². The van der Waals surface area contributed by atoms with Gasteiger partial charge in [0.25, 0.3) is 0 Å². The summed E-state index contributed by atoms with van der Waals surface area (Å²) in [5.74, 6) is 0. The van der Waals surface area contributed by atoms with E-state index in [1.54, 1.807) is 0 Å². The van der Waals surface area contributed by atoms with Gasteiger partial charge in [-0.25, -0.2) is 4.79 Å². The third kappa shape index (κ3) is 17.6. The highest BCUT2D eigenvalue weighted by atomic mass is 16.7. The maximum Gasteiger partial charge on any atom is 0.506 e. The summed E-state index contributed by atoms with van der Waals surface area (Å²) in [5, 5.41) is 8.76. The zero-order valence-electron chi connectivity index (χ0n) is 16.4. The van der Waals surface area contributed by atoms with E-state index in [1.165, 1.54) is 77.0 Å². The van der Waals surface area contributed by atoms with Crippen molar-refractivity contribution in [1.29, 1.82) is 0 Å². The van der Waals surface area contributed by atoms with E-state index in [2.05, 4.69) is 13.8 Å². The fourth-order valence-corrected chi connectivity index (χ4v) is 3.23. The van der Waals surface area contributed by atoms with Crippen LogP contribution in [0.15, 0.2) is 0 Å². The first-order valence-electron chi connectivity index (χ1n) is 10.6. The van der Waals surface area contributed by atoms with Gasteiger partial charge in [-0.05, 0) is 19.3 Å². The molecule has 0 aromatic heterocycles. The molecule has 24 heavy (non-hydrogen) atoms. The van der Waals surface area contributed by atoms with Gasteiger partial charge in [-0.3, -0.25) is 0 Å². The van der Waals surface area contributed by atoms with E-state index in [9.17, 15) is 4.79 Å². The number of ether oxygens (including phenoxy) is 1. The van der Waals surface area contributed by atoms with Crippen molar-refractivity contribution in [2.45, 2.75) is 129 Å². The Morgan fingerprint density at radius 3 is 1.46 bits per heavy atom. The van der Waals surface area contributed by atoms with Crippen LogP contribution in [0.2, 0.25) is 0 Å². The van der Waals surface area contributed by atoms with Crippen molar-refractivity contribution in [3.63, 3.8) is 0 Å². The normalized spacial score (nSPS) is 12.2. The lowest BCUT2D eigenvalue weighted by Crippen LogP contribution is -2.16. The van der Waals surface area contributed by atoms with E-state index in [0.717, 1.165) is 32.1 Å². The second-order valence-corrected chi connectivity index (χ2v) is 7.18. The number of hydrogen-bond donors (Lipinski definition) is 1. The predicted molar refractivity (Wildman–Crippen MR) is 103 cm³/mol. The van der Waals surface area contributed by atoms with Gasteiger partial charge in [0.05, 0.1) is 0 Å². The maximum absolute atomic E-state index is 10.7. The van der Waals surface area contributed by atoms with Gasteiger partial charge in [0.15, 0.2) is 0 Å². The van der Waals surface area contributed by atoms with Crippen LogP contribution in [-0.4, -0.2) is 17.4 Å². The molecule has 0 spiro atoms. The van der Waals surface area contributed by atoms with Crippen LogP contribution in [0.25, 0.3) is 0 Å². The smallest absolute Gasteiger partial charge is 0.450 e. The maximum atomic E-state index is 10.7. The molecule has 1 atom stereocenters. The number of rotatable bonds is 18. The molecule has 0 aromatic rings. The molecule has 0 amide bonds. The summed E-state index contributed by atoms with van der Waals surface area (Å²) in [5.41, 5.74) is 0. The van der Waals surface area contributed by atoms with Crippen molar-refractivity contribution in [3.8, 4) is 0 Å². The van der Waals surface area contributed by atoms with Crippen LogP contribution in [-0.2, 0) is 4.74 Å². The number of unbranched alkanes of at least 4 members (excludes halogenated alkanes) is 13. The molecule has 0 aliphatic carbocycles. The topological polar surface area (TPSA) is 46.5 Å².